The van der Waals surface area contributed by atoms with Crippen LogP contribution in [0.1, 0.15) is 35.7 Å². The monoisotopic (exact) mass is 353 g/mol. The van der Waals surface area contributed by atoms with Gasteiger partial charge in [0.1, 0.15) is 0 Å². The highest BCUT2D eigenvalue weighted by molar-refractivity contribution is 5.97. The maximum absolute atomic E-state index is 12.8. The molecule has 130 valence electrons. The fourth-order valence-corrected chi connectivity index (χ4v) is 1.77. The molecule has 2 amide bonds. The van der Waals surface area contributed by atoms with Crippen molar-refractivity contribution < 1.29 is 22.8 Å². The highest BCUT2D eigenvalue weighted by Crippen LogP contribution is 2.32. The Morgan fingerprint density at radius 3 is 2.35 bits per heavy atom. The van der Waals surface area contributed by atoms with Gasteiger partial charge in [-0.1, -0.05) is 0 Å². The first-order valence-corrected chi connectivity index (χ1v) is 6.72. The summed E-state index contributed by atoms with van der Waals surface area (Å²) in [5, 5.41) is 4.77. The molecule has 0 atom stereocenters. The molecule has 0 fully saturated rings. The van der Waals surface area contributed by atoms with E-state index >= 15 is 0 Å². The van der Waals surface area contributed by atoms with E-state index in [2.05, 4.69) is 10.6 Å². The normalized spacial score (nSPS) is 10.7. The van der Waals surface area contributed by atoms with Crippen molar-refractivity contribution in [3.05, 3.63) is 29.3 Å². The Bertz CT molecular complexity index is 551. The van der Waals surface area contributed by atoms with Crippen molar-refractivity contribution >= 4 is 29.9 Å². The molecule has 5 nitrogen and oxygen atoms in total. The Morgan fingerprint density at radius 1 is 1.17 bits per heavy atom. The lowest BCUT2D eigenvalue weighted by Gasteiger charge is -2.12. The number of nitrogens with two attached hydrogens (primary N) is 1. The summed E-state index contributed by atoms with van der Waals surface area (Å²) in [4.78, 5) is 22.9. The van der Waals surface area contributed by atoms with Gasteiger partial charge in [-0.3, -0.25) is 9.59 Å². The molecule has 1 aromatic carbocycles. The zero-order valence-corrected chi connectivity index (χ0v) is 13.3. The lowest BCUT2D eigenvalue weighted by molar-refractivity contribution is -0.137. The number of hydrogen-bond acceptors (Lipinski definition) is 3. The van der Waals surface area contributed by atoms with Crippen LogP contribution in [-0.4, -0.2) is 24.9 Å². The number of carbonyl (C=O) groups is 2. The number of benzene rings is 1. The Hall–Kier alpha value is -1.80. The van der Waals surface area contributed by atoms with E-state index in [9.17, 15) is 22.8 Å². The van der Waals surface area contributed by atoms with Crippen molar-refractivity contribution in [1.82, 2.24) is 5.32 Å². The summed E-state index contributed by atoms with van der Waals surface area (Å²) in [5.74, 6) is -1.15. The smallest absolute Gasteiger partial charge is 0.352 e. The molecule has 4 N–H and O–H groups in total. The Balaban J connectivity index is 0.00000484. The minimum Gasteiger partial charge on any atom is -0.352 e. The predicted octanol–water partition coefficient (Wildman–Crippen LogP) is 2.55. The number of hydrogen-bond donors (Lipinski definition) is 3. The van der Waals surface area contributed by atoms with Gasteiger partial charge in [0.15, 0.2) is 0 Å². The van der Waals surface area contributed by atoms with Crippen molar-refractivity contribution in [3.63, 3.8) is 0 Å². The summed E-state index contributed by atoms with van der Waals surface area (Å²) in [5.41, 5.74) is 4.08. The van der Waals surface area contributed by atoms with Crippen LogP contribution in [0.2, 0.25) is 0 Å². The number of halogens is 4. The lowest BCUT2D eigenvalue weighted by atomic mass is 10.1. The van der Waals surface area contributed by atoms with E-state index in [4.69, 9.17) is 5.73 Å². The fourth-order valence-electron chi connectivity index (χ4n) is 1.77. The van der Waals surface area contributed by atoms with Gasteiger partial charge in [0.2, 0.25) is 5.91 Å². The quantitative estimate of drug-likeness (QED) is 0.687. The fraction of sp³-hybridized carbons (Fsp3) is 0.429. The number of rotatable bonds is 6. The summed E-state index contributed by atoms with van der Waals surface area (Å²) in [7, 11) is 0. The van der Waals surface area contributed by atoms with E-state index < -0.39 is 23.6 Å². The van der Waals surface area contributed by atoms with Gasteiger partial charge in [-0.05, 0) is 37.6 Å². The summed E-state index contributed by atoms with van der Waals surface area (Å²) >= 11 is 0. The van der Waals surface area contributed by atoms with Crippen LogP contribution in [-0.2, 0) is 11.0 Å². The van der Waals surface area contributed by atoms with Gasteiger partial charge < -0.3 is 16.4 Å². The maximum atomic E-state index is 12.8. The van der Waals surface area contributed by atoms with E-state index in [1.807, 2.05) is 0 Å². The third-order valence-electron chi connectivity index (χ3n) is 2.76. The highest BCUT2D eigenvalue weighted by atomic mass is 35.5. The summed E-state index contributed by atoms with van der Waals surface area (Å²) in [6, 6.07) is 2.74. The van der Waals surface area contributed by atoms with Gasteiger partial charge in [-0.25, -0.2) is 0 Å². The summed E-state index contributed by atoms with van der Waals surface area (Å²) < 4.78 is 38.5. The zero-order chi connectivity index (χ0) is 16.8. The molecule has 0 aromatic heterocycles. The first-order chi connectivity index (χ1) is 10.2. The van der Waals surface area contributed by atoms with Crippen molar-refractivity contribution in [3.8, 4) is 0 Å². The topological polar surface area (TPSA) is 84.2 Å². The molecule has 0 aliphatic rings. The van der Waals surface area contributed by atoms with Crippen LogP contribution in [0.15, 0.2) is 18.2 Å². The second-order valence-electron chi connectivity index (χ2n) is 4.73. The van der Waals surface area contributed by atoms with Crippen LogP contribution in [0, 0.1) is 0 Å². The summed E-state index contributed by atoms with van der Waals surface area (Å²) in [6.07, 6.45) is -3.26. The van der Waals surface area contributed by atoms with E-state index in [1.54, 1.807) is 0 Å². The third-order valence-corrected chi connectivity index (χ3v) is 2.76. The average Bonchev–Trinajstić information content (AvgIpc) is 2.41. The minimum absolute atomic E-state index is 0. The molecule has 23 heavy (non-hydrogen) atoms. The number of amides is 2. The number of unbranched alkanes of at least 4 members (excludes halogenated alkanes) is 1. The van der Waals surface area contributed by atoms with Crippen LogP contribution in [0.4, 0.5) is 18.9 Å². The SMILES string of the molecule is CC(=O)Nc1cc(C(=O)NCCCCN)cc(C(F)(F)F)c1.Cl. The highest BCUT2D eigenvalue weighted by Gasteiger charge is 2.31. The van der Waals surface area contributed by atoms with Crippen molar-refractivity contribution in [2.45, 2.75) is 25.9 Å². The molecule has 1 aromatic rings. The van der Waals surface area contributed by atoms with Crippen molar-refractivity contribution in [1.29, 1.82) is 0 Å². The van der Waals surface area contributed by atoms with E-state index in [0.717, 1.165) is 12.1 Å². The van der Waals surface area contributed by atoms with Gasteiger partial charge in [0, 0.05) is 24.7 Å². The number of alkyl halides is 3. The maximum Gasteiger partial charge on any atom is 0.416 e. The van der Waals surface area contributed by atoms with Gasteiger partial charge in [-0.2, -0.15) is 13.2 Å². The van der Waals surface area contributed by atoms with E-state index in [-0.39, 0.29) is 23.7 Å². The standard InChI is InChI=1S/C14H18F3N3O2.ClH/c1-9(21)20-12-7-10(6-11(8-12)14(15,16)17)13(22)19-5-3-2-4-18;/h6-8H,2-5,18H2,1H3,(H,19,22)(H,20,21);1H. The Morgan fingerprint density at radius 2 is 1.83 bits per heavy atom. The van der Waals surface area contributed by atoms with Gasteiger partial charge >= 0.3 is 6.18 Å². The van der Waals surface area contributed by atoms with Crippen LogP contribution >= 0.6 is 12.4 Å². The van der Waals surface area contributed by atoms with Gasteiger partial charge in [0.25, 0.3) is 5.91 Å². The number of nitrogens with one attached hydrogen (secondary N) is 2. The number of anilines is 1. The molecule has 0 saturated carbocycles. The molecule has 9 heteroatoms. The first kappa shape index (κ1) is 21.2. The van der Waals surface area contributed by atoms with Gasteiger partial charge in [0.05, 0.1) is 5.56 Å². The van der Waals surface area contributed by atoms with Crippen molar-refractivity contribution in [2.75, 3.05) is 18.4 Å². The molecule has 0 aliphatic heterocycles. The molecular formula is C14H19ClF3N3O2. The van der Waals surface area contributed by atoms with Crippen LogP contribution in [0.25, 0.3) is 0 Å². The van der Waals surface area contributed by atoms with E-state index in [0.29, 0.717) is 25.9 Å². The molecule has 0 unspecified atom stereocenters. The Labute approximate surface area is 138 Å². The van der Waals surface area contributed by atoms with Crippen LogP contribution in [0.3, 0.4) is 0 Å². The van der Waals surface area contributed by atoms with Crippen molar-refractivity contribution in [2.24, 2.45) is 5.73 Å². The average molecular weight is 354 g/mol. The number of carbonyl (C=O) groups excluding carboxylic acids is 2. The lowest BCUT2D eigenvalue weighted by Crippen LogP contribution is -2.25. The molecule has 0 aliphatic carbocycles. The second-order valence-corrected chi connectivity index (χ2v) is 4.73. The molecule has 0 bridgehead atoms. The molecule has 0 saturated heterocycles. The molecule has 0 spiro atoms. The zero-order valence-electron chi connectivity index (χ0n) is 12.5. The van der Waals surface area contributed by atoms with Crippen LogP contribution in [0.5, 0.6) is 0 Å². The first-order valence-electron chi connectivity index (χ1n) is 6.72. The molecule has 0 heterocycles. The largest absolute Gasteiger partial charge is 0.416 e. The molecule has 0 radical (unpaired) electrons. The molecular weight excluding hydrogens is 335 g/mol. The summed E-state index contributed by atoms with van der Waals surface area (Å²) in [6.45, 7) is 1.97. The van der Waals surface area contributed by atoms with Crippen LogP contribution < -0.4 is 16.4 Å². The minimum atomic E-state index is -4.61. The molecule has 1 rings (SSSR count). The second kappa shape index (κ2) is 9.36. The van der Waals surface area contributed by atoms with E-state index in [1.165, 1.54) is 13.0 Å². The predicted molar refractivity (Wildman–Crippen MR) is 83.6 cm³/mol. The van der Waals surface area contributed by atoms with Gasteiger partial charge in [-0.15, -0.1) is 12.4 Å². The Kier molecular flexibility index (Phi) is 8.63. The third kappa shape index (κ3) is 7.34.